The Balaban J connectivity index is 2.16. The lowest BCUT2D eigenvalue weighted by Crippen LogP contribution is -2.32. The normalized spacial score (nSPS) is 17.8. The van der Waals surface area contributed by atoms with E-state index in [2.05, 4.69) is 5.32 Å². The summed E-state index contributed by atoms with van der Waals surface area (Å²) in [5.41, 5.74) is 0. The summed E-state index contributed by atoms with van der Waals surface area (Å²) in [6, 6.07) is 0.107. The van der Waals surface area contributed by atoms with Crippen molar-refractivity contribution in [3.05, 3.63) is 0 Å². The molecule has 1 fully saturated rings. The van der Waals surface area contributed by atoms with Crippen LogP contribution in [0.1, 0.15) is 6.42 Å². The molecule has 76 valence electrons. The fourth-order valence-electron chi connectivity index (χ4n) is 1.22. The van der Waals surface area contributed by atoms with Crippen molar-refractivity contribution in [2.75, 3.05) is 19.6 Å². The maximum absolute atomic E-state index is 11.0. The summed E-state index contributed by atoms with van der Waals surface area (Å²) in [6.45, 7) is 1.89. The van der Waals surface area contributed by atoms with Crippen LogP contribution in [0.15, 0.2) is 0 Å². The van der Waals surface area contributed by atoms with Crippen molar-refractivity contribution in [1.82, 2.24) is 10.2 Å². The molecule has 1 saturated heterocycles. The quantitative estimate of drug-likeness (QED) is 0.448. The van der Waals surface area contributed by atoms with E-state index < -0.39 is 7.87 Å². The van der Waals surface area contributed by atoms with Crippen LogP contribution in [0.2, 0.25) is 6.04 Å². The first-order valence-corrected chi connectivity index (χ1v) is 7.27. The third kappa shape index (κ3) is 3.95. The van der Waals surface area contributed by atoms with Gasteiger partial charge in [0, 0.05) is 25.7 Å². The van der Waals surface area contributed by atoms with Gasteiger partial charge in [0.15, 0.2) is 0 Å². The first-order chi connectivity index (χ1) is 5.99. The topological polar surface area (TPSA) is 72.8 Å². The summed E-state index contributed by atoms with van der Waals surface area (Å²) >= 11 is 5.29. The Hall–Kier alpha value is -0.303. The third-order valence-corrected chi connectivity index (χ3v) is 3.42. The lowest BCUT2D eigenvalue weighted by atomic mass is 10.4. The predicted molar refractivity (Wildman–Crippen MR) is 50.4 cm³/mol. The van der Waals surface area contributed by atoms with Crippen LogP contribution in [0.25, 0.3) is 0 Å². The second-order valence-electron chi connectivity index (χ2n) is 3.04. The van der Waals surface area contributed by atoms with Crippen LogP contribution < -0.4 is 5.32 Å². The van der Waals surface area contributed by atoms with E-state index in [0.717, 1.165) is 0 Å². The predicted octanol–water partition coefficient (Wildman–Crippen LogP) is -0.436. The smallest absolute Gasteiger partial charge is 0.399 e. The summed E-state index contributed by atoms with van der Waals surface area (Å²) in [4.78, 5) is 30.4. The fourth-order valence-corrected chi connectivity index (χ4v) is 2.23. The van der Waals surface area contributed by atoms with Gasteiger partial charge in [-0.15, -0.1) is 0 Å². The van der Waals surface area contributed by atoms with Crippen molar-refractivity contribution in [1.29, 1.82) is 0 Å². The zero-order valence-corrected chi connectivity index (χ0v) is 8.92. The van der Waals surface area contributed by atoms with Crippen molar-refractivity contribution in [2.45, 2.75) is 12.5 Å². The average Bonchev–Trinajstić information content (AvgIpc) is 2.34. The van der Waals surface area contributed by atoms with Gasteiger partial charge in [-0.05, 0) is 6.42 Å². The van der Waals surface area contributed by atoms with Gasteiger partial charge in [-0.2, -0.15) is 0 Å². The number of nitrogens with one attached hydrogen (secondary N) is 1. The van der Waals surface area contributed by atoms with Crippen LogP contribution in [0.4, 0.5) is 4.79 Å². The van der Waals surface area contributed by atoms with E-state index >= 15 is 0 Å². The van der Waals surface area contributed by atoms with E-state index in [0.29, 0.717) is 26.1 Å². The van der Waals surface area contributed by atoms with E-state index in [1.54, 1.807) is 4.90 Å². The molecule has 2 amide bonds. The molecule has 0 atom stereocenters. The summed E-state index contributed by atoms with van der Waals surface area (Å²) < 4.78 is 0. The van der Waals surface area contributed by atoms with E-state index in [1.165, 1.54) is 0 Å². The molecule has 1 aliphatic heterocycles. The Morgan fingerprint density at radius 1 is 1.62 bits per heavy atom. The molecule has 0 bridgehead atoms. The van der Waals surface area contributed by atoms with Gasteiger partial charge < -0.3 is 19.8 Å². The van der Waals surface area contributed by atoms with E-state index in [4.69, 9.17) is 20.7 Å². The standard InChI is InChI=1S/C6H13ClN2O3Si/c7-13(11,12)5-1-3-9-4-2-8-6(9)10/h11-12H,1-5H2,(H,8,10). The van der Waals surface area contributed by atoms with Crippen LogP contribution in [0.3, 0.4) is 0 Å². The molecule has 7 heteroatoms. The Kier molecular flexibility index (Phi) is 3.54. The minimum atomic E-state index is -3.44. The van der Waals surface area contributed by atoms with E-state index in [9.17, 15) is 4.79 Å². The van der Waals surface area contributed by atoms with Crippen LogP contribution in [-0.2, 0) is 0 Å². The zero-order chi connectivity index (χ0) is 9.90. The molecule has 0 aromatic rings. The molecule has 3 N–H and O–H groups in total. The summed E-state index contributed by atoms with van der Waals surface area (Å²) in [7, 11) is -3.44. The number of carbonyl (C=O) groups is 1. The average molecular weight is 225 g/mol. The number of halogens is 1. The maximum atomic E-state index is 11.0. The van der Waals surface area contributed by atoms with Crippen LogP contribution in [0, 0.1) is 0 Å². The Morgan fingerprint density at radius 3 is 2.77 bits per heavy atom. The monoisotopic (exact) mass is 224 g/mol. The minimum absolute atomic E-state index is 0.0854. The zero-order valence-electron chi connectivity index (χ0n) is 7.16. The lowest BCUT2D eigenvalue weighted by molar-refractivity contribution is 0.217. The van der Waals surface area contributed by atoms with Gasteiger partial charge in [-0.3, -0.25) is 0 Å². The van der Waals surface area contributed by atoms with Gasteiger partial charge in [-0.1, -0.05) is 11.1 Å². The van der Waals surface area contributed by atoms with Gasteiger partial charge in [0.25, 0.3) is 0 Å². The molecule has 1 rings (SSSR count). The van der Waals surface area contributed by atoms with Crippen molar-refractivity contribution in [2.24, 2.45) is 0 Å². The highest BCUT2D eigenvalue weighted by atomic mass is 35.6. The number of hydrogen-bond acceptors (Lipinski definition) is 3. The van der Waals surface area contributed by atoms with Crippen LogP contribution >= 0.6 is 11.1 Å². The maximum Gasteiger partial charge on any atom is 0.437 e. The highest BCUT2D eigenvalue weighted by Gasteiger charge is 2.26. The Bertz CT molecular complexity index is 197. The molecule has 0 aromatic carbocycles. The van der Waals surface area contributed by atoms with Crippen molar-refractivity contribution < 1.29 is 14.4 Å². The molecular formula is C6H13ClN2O3Si. The van der Waals surface area contributed by atoms with Crippen molar-refractivity contribution in [3.8, 4) is 0 Å². The first-order valence-electron chi connectivity index (χ1n) is 4.15. The van der Waals surface area contributed by atoms with Gasteiger partial charge in [0.2, 0.25) is 0 Å². The SMILES string of the molecule is O=C1NCCN1CCC[Si](O)(O)Cl. The number of carbonyl (C=O) groups excluding carboxylic acids is 1. The molecule has 0 unspecified atom stereocenters. The lowest BCUT2D eigenvalue weighted by Gasteiger charge is -2.15. The molecule has 5 nitrogen and oxygen atoms in total. The minimum Gasteiger partial charge on any atom is -0.399 e. The largest absolute Gasteiger partial charge is 0.437 e. The Morgan fingerprint density at radius 2 is 2.31 bits per heavy atom. The van der Waals surface area contributed by atoms with Gasteiger partial charge in [0.05, 0.1) is 0 Å². The number of nitrogens with zero attached hydrogens (tertiary/aromatic N) is 1. The molecule has 1 heterocycles. The van der Waals surface area contributed by atoms with Crippen LogP contribution in [0.5, 0.6) is 0 Å². The fraction of sp³-hybridized carbons (Fsp3) is 0.833. The van der Waals surface area contributed by atoms with Gasteiger partial charge >= 0.3 is 13.9 Å². The second-order valence-corrected chi connectivity index (χ2v) is 6.80. The van der Waals surface area contributed by atoms with Crippen LogP contribution in [-0.4, -0.2) is 48.0 Å². The van der Waals surface area contributed by atoms with E-state index in [1.807, 2.05) is 0 Å². The molecule has 13 heavy (non-hydrogen) atoms. The summed E-state index contributed by atoms with van der Waals surface area (Å²) in [5, 5.41) is 2.66. The summed E-state index contributed by atoms with van der Waals surface area (Å²) in [6.07, 6.45) is 0.538. The summed E-state index contributed by atoms with van der Waals surface area (Å²) in [5.74, 6) is 0. The van der Waals surface area contributed by atoms with Crippen molar-refractivity contribution >= 4 is 25.0 Å². The van der Waals surface area contributed by atoms with Gasteiger partial charge in [-0.25, -0.2) is 4.79 Å². The molecule has 0 saturated carbocycles. The highest BCUT2D eigenvalue weighted by molar-refractivity contribution is 7.11. The first kappa shape index (κ1) is 10.8. The second kappa shape index (κ2) is 4.27. The molecule has 0 aliphatic carbocycles. The molecule has 1 aliphatic rings. The number of urea groups is 1. The molecular weight excluding hydrogens is 212 g/mol. The highest BCUT2D eigenvalue weighted by Crippen LogP contribution is 2.10. The number of rotatable bonds is 4. The van der Waals surface area contributed by atoms with Crippen molar-refractivity contribution in [3.63, 3.8) is 0 Å². The molecule has 0 spiro atoms. The number of amides is 2. The third-order valence-electron chi connectivity index (χ3n) is 1.87. The number of hydrogen-bond donors (Lipinski definition) is 3. The molecule has 0 aromatic heterocycles. The molecule has 0 radical (unpaired) electrons. The van der Waals surface area contributed by atoms with E-state index in [-0.39, 0.29) is 12.1 Å². The van der Waals surface area contributed by atoms with Gasteiger partial charge in [0.1, 0.15) is 0 Å². The Labute approximate surface area is 82.3 Å².